The molecule has 7 heteroatoms. The zero-order valence-electron chi connectivity index (χ0n) is 16.2. The summed E-state index contributed by atoms with van der Waals surface area (Å²) in [4.78, 5) is 26.3. The van der Waals surface area contributed by atoms with Crippen molar-refractivity contribution in [2.75, 3.05) is 19.0 Å². The molecule has 0 aliphatic rings. The van der Waals surface area contributed by atoms with E-state index in [0.717, 1.165) is 21.8 Å². The molecule has 0 unspecified atom stereocenters. The Bertz CT molecular complexity index is 1040. The second kappa shape index (κ2) is 9.24. The number of amides is 1. The van der Waals surface area contributed by atoms with Gasteiger partial charge in [-0.25, -0.2) is 4.79 Å². The van der Waals surface area contributed by atoms with Crippen LogP contribution in [0.4, 0.5) is 5.00 Å². The summed E-state index contributed by atoms with van der Waals surface area (Å²) in [6.45, 7) is 4.42. The Morgan fingerprint density at radius 2 is 1.79 bits per heavy atom. The Morgan fingerprint density at radius 1 is 1.10 bits per heavy atom. The summed E-state index contributed by atoms with van der Waals surface area (Å²) in [5.41, 5.74) is 2.42. The fourth-order valence-electron chi connectivity index (χ4n) is 2.98. The number of hydrogen-bond donors (Lipinski definition) is 1. The SMILES string of the molecule is CCOc1ccc(-c2c(C)sc(NC(=O)c3ccccc3Br)c2C(=O)OC)cc1. The second-order valence-electron chi connectivity index (χ2n) is 6.12. The maximum atomic E-state index is 12.8. The first-order chi connectivity index (χ1) is 14.0. The minimum absolute atomic E-state index is 0.304. The Morgan fingerprint density at radius 3 is 2.41 bits per heavy atom. The van der Waals surface area contributed by atoms with Crippen LogP contribution in [0.5, 0.6) is 5.75 Å². The van der Waals surface area contributed by atoms with Crippen molar-refractivity contribution in [3.05, 3.63) is 69.0 Å². The zero-order valence-corrected chi connectivity index (χ0v) is 18.6. The standard InChI is InChI=1S/C22H20BrNO4S/c1-4-28-15-11-9-14(10-12-15)18-13(2)29-21(19(18)22(26)27-3)24-20(25)16-7-5-6-8-17(16)23/h5-12H,4H2,1-3H3,(H,24,25). The average molecular weight is 474 g/mol. The quantitative estimate of drug-likeness (QED) is 0.451. The van der Waals surface area contributed by atoms with E-state index in [-0.39, 0.29) is 5.91 Å². The summed E-state index contributed by atoms with van der Waals surface area (Å²) in [5, 5.41) is 3.33. The van der Waals surface area contributed by atoms with Crippen molar-refractivity contribution in [3.8, 4) is 16.9 Å². The Balaban J connectivity index is 2.03. The largest absolute Gasteiger partial charge is 0.494 e. The van der Waals surface area contributed by atoms with Crippen molar-refractivity contribution in [1.29, 1.82) is 0 Å². The van der Waals surface area contributed by atoms with Gasteiger partial charge < -0.3 is 14.8 Å². The molecule has 0 aliphatic carbocycles. The van der Waals surface area contributed by atoms with Crippen LogP contribution in [-0.4, -0.2) is 25.6 Å². The predicted molar refractivity (Wildman–Crippen MR) is 119 cm³/mol. The van der Waals surface area contributed by atoms with E-state index in [1.54, 1.807) is 18.2 Å². The van der Waals surface area contributed by atoms with Gasteiger partial charge in [0, 0.05) is 14.9 Å². The molecule has 5 nitrogen and oxygen atoms in total. The first-order valence-corrected chi connectivity index (χ1v) is 10.6. The number of anilines is 1. The molecule has 0 spiro atoms. The summed E-state index contributed by atoms with van der Waals surface area (Å²) in [6.07, 6.45) is 0. The van der Waals surface area contributed by atoms with Gasteiger partial charge in [0.15, 0.2) is 0 Å². The molecule has 29 heavy (non-hydrogen) atoms. The molecule has 1 N–H and O–H groups in total. The molecule has 0 aliphatic heterocycles. The Kier molecular flexibility index (Phi) is 6.71. The van der Waals surface area contributed by atoms with Crippen LogP contribution in [0.3, 0.4) is 0 Å². The number of ether oxygens (including phenoxy) is 2. The molecule has 1 amide bonds. The van der Waals surface area contributed by atoms with E-state index in [0.29, 0.717) is 27.2 Å². The average Bonchev–Trinajstić information content (AvgIpc) is 3.04. The van der Waals surface area contributed by atoms with E-state index in [1.165, 1.54) is 18.4 Å². The van der Waals surface area contributed by atoms with Crippen molar-refractivity contribution in [1.82, 2.24) is 0 Å². The van der Waals surface area contributed by atoms with Crippen LogP contribution in [0.15, 0.2) is 53.0 Å². The van der Waals surface area contributed by atoms with Crippen LogP contribution in [0.25, 0.3) is 11.1 Å². The van der Waals surface area contributed by atoms with Gasteiger partial charge in [0.2, 0.25) is 0 Å². The van der Waals surface area contributed by atoms with E-state index in [1.807, 2.05) is 44.2 Å². The highest BCUT2D eigenvalue weighted by atomic mass is 79.9. The molecule has 0 atom stereocenters. The zero-order chi connectivity index (χ0) is 21.0. The molecule has 0 saturated heterocycles. The summed E-state index contributed by atoms with van der Waals surface area (Å²) in [6, 6.07) is 14.6. The van der Waals surface area contributed by atoms with E-state index >= 15 is 0 Å². The summed E-state index contributed by atoms with van der Waals surface area (Å²) < 4.78 is 11.2. The lowest BCUT2D eigenvalue weighted by Crippen LogP contribution is -2.14. The molecular weight excluding hydrogens is 454 g/mol. The highest BCUT2D eigenvalue weighted by Gasteiger charge is 2.25. The second-order valence-corrected chi connectivity index (χ2v) is 8.20. The molecule has 2 aromatic carbocycles. The maximum Gasteiger partial charge on any atom is 0.341 e. The number of benzene rings is 2. The van der Waals surface area contributed by atoms with Crippen molar-refractivity contribution in [2.45, 2.75) is 13.8 Å². The van der Waals surface area contributed by atoms with Gasteiger partial charge in [0.1, 0.15) is 16.3 Å². The highest BCUT2D eigenvalue weighted by Crippen LogP contribution is 2.41. The Labute approximate surface area is 181 Å². The van der Waals surface area contributed by atoms with Crippen molar-refractivity contribution >= 4 is 44.1 Å². The van der Waals surface area contributed by atoms with Crippen molar-refractivity contribution in [3.63, 3.8) is 0 Å². The first kappa shape index (κ1) is 21.1. The number of nitrogens with one attached hydrogen (secondary N) is 1. The van der Waals surface area contributed by atoms with Gasteiger partial charge in [0.25, 0.3) is 5.91 Å². The fraction of sp³-hybridized carbons (Fsp3) is 0.182. The number of halogens is 1. The van der Waals surface area contributed by atoms with Crippen LogP contribution in [0.1, 0.15) is 32.5 Å². The number of thiophene rings is 1. The third-order valence-corrected chi connectivity index (χ3v) is 5.99. The van der Waals surface area contributed by atoms with E-state index in [2.05, 4.69) is 21.2 Å². The van der Waals surface area contributed by atoms with Gasteiger partial charge in [-0.3, -0.25) is 4.79 Å². The predicted octanol–water partition coefficient (Wildman–Crippen LogP) is 5.92. The van der Waals surface area contributed by atoms with Crippen molar-refractivity contribution in [2.24, 2.45) is 0 Å². The normalized spacial score (nSPS) is 10.5. The number of aryl methyl sites for hydroxylation is 1. The lowest BCUT2D eigenvalue weighted by Gasteiger charge is -2.10. The lowest BCUT2D eigenvalue weighted by atomic mass is 10.0. The topological polar surface area (TPSA) is 64.6 Å². The summed E-state index contributed by atoms with van der Waals surface area (Å²) in [5.74, 6) is -0.0472. The monoisotopic (exact) mass is 473 g/mol. The van der Waals surface area contributed by atoms with Gasteiger partial charge in [-0.15, -0.1) is 11.3 Å². The number of hydrogen-bond acceptors (Lipinski definition) is 5. The third kappa shape index (κ3) is 4.52. The number of rotatable bonds is 6. The Hall–Kier alpha value is -2.64. The number of carbonyl (C=O) groups is 2. The van der Waals surface area contributed by atoms with Gasteiger partial charge in [-0.05, 0) is 59.6 Å². The van der Waals surface area contributed by atoms with Crippen LogP contribution >= 0.6 is 27.3 Å². The molecule has 0 fully saturated rings. The van der Waals surface area contributed by atoms with Crippen LogP contribution in [-0.2, 0) is 4.74 Å². The van der Waals surface area contributed by atoms with Gasteiger partial charge in [-0.2, -0.15) is 0 Å². The minimum atomic E-state index is -0.499. The molecule has 0 saturated carbocycles. The molecule has 150 valence electrons. The van der Waals surface area contributed by atoms with E-state index in [4.69, 9.17) is 9.47 Å². The maximum absolute atomic E-state index is 12.8. The molecular formula is C22H20BrNO4S. The van der Waals surface area contributed by atoms with Crippen molar-refractivity contribution < 1.29 is 19.1 Å². The molecule has 3 rings (SSSR count). The van der Waals surface area contributed by atoms with E-state index in [9.17, 15) is 9.59 Å². The number of esters is 1. The molecule has 1 aromatic heterocycles. The molecule has 0 bridgehead atoms. The smallest absolute Gasteiger partial charge is 0.341 e. The first-order valence-electron chi connectivity index (χ1n) is 8.97. The van der Waals surface area contributed by atoms with Crippen LogP contribution in [0, 0.1) is 6.92 Å². The summed E-state index contributed by atoms with van der Waals surface area (Å²) >= 11 is 4.73. The van der Waals surface area contributed by atoms with Crippen LogP contribution < -0.4 is 10.1 Å². The third-order valence-electron chi connectivity index (χ3n) is 4.27. The fourth-order valence-corrected chi connectivity index (χ4v) is 4.50. The number of methoxy groups -OCH3 is 1. The minimum Gasteiger partial charge on any atom is -0.494 e. The van der Waals surface area contributed by atoms with Gasteiger partial charge in [0.05, 0.1) is 19.3 Å². The molecule has 1 heterocycles. The van der Waals surface area contributed by atoms with Gasteiger partial charge >= 0.3 is 5.97 Å². The number of carbonyl (C=O) groups excluding carboxylic acids is 2. The lowest BCUT2D eigenvalue weighted by molar-refractivity contribution is 0.0603. The van der Waals surface area contributed by atoms with E-state index < -0.39 is 5.97 Å². The molecule has 3 aromatic rings. The van der Waals surface area contributed by atoms with Gasteiger partial charge in [-0.1, -0.05) is 24.3 Å². The highest BCUT2D eigenvalue weighted by molar-refractivity contribution is 9.10. The summed E-state index contributed by atoms with van der Waals surface area (Å²) in [7, 11) is 1.33. The van der Waals surface area contributed by atoms with Crippen LogP contribution in [0.2, 0.25) is 0 Å². The molecule has 0 radical (unpaired) electrons.